The molecule has 1 unspecified atom stereocenters. The van der Waals surface area contributed by atoms with Gasteiger partial charge in [0.25, 0.3) is 0 Å². The van der Waals surface area contributed by atoms with E-state index in [1.807, 2.05) is 0 Å². The van der Waals surface area contributed by atoms with Gasteiger partial charge in [0.05, 0.1) is 30.8 Å². The van der Waals surface area contributed by atoms with Gasteiger partial charge in [-0.1, -0.05) is 0 Å². The van der Waals surface area contributed by atoms with Crippen LogP contribution in [0.1, 0.15) is 12.6 Å². The van der Waals surface area contributed by atoms with E-state index in [4.69, 9.17) is 10.5 Å². The van der Waals surface area contributed by atoms with Crippen molar-refractivity contribution >= 4 is 5.82 Å². The number of nitrogen functional groups attached to an aromatic ring is 1. The summed E-state index contributed by atoms with van der Waals surface area (Å²) in [6.07, 6.45) is 3.63. The van der Waals surface area contributed by atoms with Crippen LogP contribution in [0.3, 0.4) is 0 Å². The Balaban J connectivity index is 1.93. The average Bonchev–Trinajstić information content (AvgIpc) is 2.22. The molecular weight excluding hydrogens is 192 g/mol. The van der Waals surface area contributed by atoms with Gasteiger partial charge in [0, 0.05) is 19.6 Å². The Labute approximate surface area is 89.3 Å². The van der Waals surface area contributed by atoms with Crippen LogP contribution in [0.5, 0.6) is 0 Å². The minimum Gasteiger partial charge on any atom is -0.382 e. The minimum atomic E-state index is 0.306. The molecule has 2 rings (SSSR count). The number of hydrogen-bond acceptors (Lipinski definition) is 5. The molecule has 0 bridgehead atoms. The number of morpholine rings is 1. The van der Waals surface area contributed by atoms with Crippen LogP contribution < -0.4 is 5.73 Å². The molecule has 1 aliphatic rings. The lowest BCUT2D eigenvalue weighted by molar-refractivity contribution is -0.0216. The van der Waals surface area contributed by atoms with Crippen LogP contribution in [0.15, 0.2) is 12.4 Å². The standard InChI is InChI=1S/C10H16N4O/c1-8-6-14(2-3-15-8)7-9-4-13-10(11)5-12-9/h4-5,8H,2-3,6-7H2,1H3,(H2,11,13). The summed E-state index contributed by atoms with van der Waals surface area (Å²) in [7, 11) is 0. The van der Waals surface area contributed by atoms with Crippen molar-refractivity contribution in [3.05, 3.63) is 18.1 Å². The lowest BCUT2D eigenvalue weighted by Gasteiger charge is -2.30. The number of nitrogens with two attached hydrogens (primary N) is 1. The summed E-state index contributed by atoms with van der Waals surface area (Å²) in [5.41, 5.74) is 6.43. The molecule has 1 aromatic rings. The molecule has 2 heterocycles. The van der Waals surface area contributed by atoms with E-state index in [0.29, 0.717) is 11.9 Å². The van der Waals surface area contributed by atoms with Crippen LogP contribution in [0.2, 0.25) is 0 Å². The third-order valence-electron chi connectivity index (χ3n) is 2.44. The van der Waals surface area contributed by atoms with Gasteiger partial charge in [-0.2, -0.15) is 0 Å². The molecule has 5 heteroatoms. The summed E-state index contributed by atoms with van der Waals surface area (Å²) in [6.45, 7) is 5.60. The van der Waals surface area contributed by atoms with E-state index in [9.17, 15) is 0 Å². The number of ether oxygens (including phenoxy) is 1. The molecule has 5 nitrogen and oxygen atoms in total. The molecule has 1 aromatic heterocycles. The maximum absolute atomic E-state index is 5.47. The third kappa shape index (κ3) is 2.87. The lowest BCUT2D eigenvalue weighted by Crippen LogP contribution is -2.40. The highest BCUT2D eigenvalue weighted by Crippen LogP contribution is 2.08. The highest BCUT2D eigenvalue weighted by atomic mass is 16.5. The van der Waals surface area contributed by atoms with Gasteiger partial charge in [-0.3, -0.25) is 9.88 Å². The zero-order valence-corrected chi connectivity index (χ0v) is 8.89. The van der Waals surface area contributed by atoms with Gasteiger partial charge < -0.3 is 10.5 Å². The fraction of sp³-hybridized carbons (Fsp3) is 0.600. The van der Waals surface area contributed by atoms with E-state index in [0.717, 1.165) is 31.9 Å². The van der Waals surface area contributed by atoms with Crippen molar-refractivity contribution in [2.75, 3.05) is 25.4 Å². The van der Waals surface area contributed by atoms with E-state index >= 15 is 0 Å². The first-order chi connectivity index (χ1) is 7.24. The Kier molecular flexibility index (Phi) is 3.13. The fourth-order valence-electron chi connectivity index (χ4n) is 1.71. The van der Waals surface area contributed by atoms with Crippen molar-refractivity contribution in [1.82, 2.24) is 14.9 Å². The van der Waals surface area contributed by atoms with Crippen LogP contribution >= 0.6 is 0 Å². The third-order valence-corrected chi connectivity index (χ3v) is 2.44. The Morgan fingerprint density at radius 1 is 1.53 bits per heavy atom. The maximum Gasteiger partial charge on any atom is 0.141 e. The highest BCUT2D eigenvalue weighted by Gasteiger charge is 2.16. The van der Waals surface area contributed by atoms with E-state index in [-0.39, 0.29) is 0 Å². The quantitative estimate of drug-likeness (QED) is 0.756. The molecule has 82 valence electrons. The number of hydrogen-bond donors (Lipinski definition) is 1. The summed E-state index contributed by atoms with van der Waals surface area (Å²) in [5, 5.41) is 0. The van der Waals surface area contributed by atoms with Crippen molar-refractivity contribution in [3.63, 3.8) is 0 Å². The first-order valence-corrected chi connectivity index (χ1v) is 5.14. The Morgan fingerprint density at radius 2 is 2.40 bits per heavy atom. The van der Waals surface area contributed by atoms with Gasteiger partial charge in [-0.05, 0) is 6.92 Å². The van der Waals surface area contributed by atoms with Crippen molar-refractivity contribution in [1.29, 1.82) is 0 Å². The van der Waals surface area contributed by atoms with Crippen LogP contribution in [-0.2, 0) is 11.3 Å². The molecule has 1 saturated heterocycles. The smallest absolute Gasteiger partial charge is 0.141 e. The minimum absolute atomic E-state index is 0.306. The monoisotopic (exact) mass is 208 g/mol. The van der Waals surface area contributed by atoms with Crippen molar-refractivity contribution in [2.24, 2.45) is 0 Å². The van der Waals surface area contributed by atoms with Crippen LogP contribution in [0, 0.1) is 0 Å². The van der Waals surface area contributed by atoms with Crippen molar-refractivity contribution in [3.8, 4) is 0 Å². The summed E-state index contributed by atoms with van der Waals surface area (Å²) < 4.78 is 5.47. The Morgan fingerprint density at radius 3 is 3.07 bits per heavy atom. The summed E-state index contributed by atoms with van der Waals surface area (Å²) in [6, 6.07) is 0. The Bertz CT molecular complexity index is 314. The zero-order valence-electron chi connectivity index (χ0n) is 8.89. The van der Waals surface area contributed by atoms with Gasteiger partial charge in [-0.25, -0.2) is 4.98 Å². The molecule has 15 heavy (non-hydrogen) atoms. The molecule has 2 N–H and O–H groups in total. The SMILES string of the molecule is CC1CN(Cc2cnc(N)cn2)CCO1. The molecule has 1 fully saturated rings. The van der Waals surface area contributed by atoms with Gasteiger partial charge in [0.1, 0.15) is 5.82 Å². The molecule has 1 atom stereocenters. The van der Waals surface area contributed by atoms with E-state index in [1.54, 1.807) is 12.4 Å². The second-order valence-corrected chi connectivity index (χ2v) is 3.85. The summed E-state index contributed by atoms with van der Waals surface area (Å²) in [5.74, 6) is 0.467. The molecule has 0 aromatic carbocycles. The van der Waals surface area contributed by atoms with Gasteiger partial charge in [0.15, 0.2) is 0 Å². The normalized spacial score (nSPS) is 22.9. The largest absolute Gasteiger partial charge is 0.382 e. The number of rotatable bonds is 2. The second-order valence-electron chi connectivity index (χ2n) is 3.85. The van der Waals surface area contributed by atoms with Gasteiger partial charge >= 0.3 is 0 Å². The fourth-order valence-corrected chi connectivity index (χ4v) is 1.71. The molecule has 0 aliphatic carbocycles. The second kappa shape index (κ2) is 4.55. The molecule has 0 saturated carbocycles. The highest BCUT2D eigenvalue weighted by molar-refractivity contribution is 5.22. The van der Waals surface area contributed by atoms with Gasteiger partial charge in [0.2, 0.25) is 0 Å². The summed E-state index contributed by atoms with van der Waals surface area (Å²) in [4.78, 5) is 10.6. The number of anilines is 1. The topological polar surface area (TPSA) is 64.3 Å². The summed E-state index contributed by atoms with van der Waals surface area (Å²) >= 11 is 0. The average molecular weight is 208 g/mol. The first kappa shape index (κ1) is 10.3. The van der Waals surface area contributed by atoms with Crippen molar-refractivity contribution in [2.45, 2.75) is 19.6 Å². The first-order valence-electron chi connectivity index (χ1n) is 5.14. The van der Waals surface area contributed by atoms with E-state index in [1.165, 1.54) is 0 Å². The predicted molar refractivity (Wildman–Crippen MR) is 57.1 cm³/mol. The zero-order chi connectivity index (χ0) is 10.7. The van der Waals surface area contributed by atoms with E-state index < -0.39 is 0 Å². The van der Waals surface area contributed by atoms with E-state index in [2.05, 4.69) is 21.8 Å². The number of aromatic nitrogens is 2. The predicted octanol–water partition coefficient (Wildman–Crippen LogP) is 0.279. The number of nitrogens with zero attached hydrogens (tertiary/aromatic N) is 3. The maximum atomic E-state index is 5.47. The van der Waals surface area contributed by atoms with Crippen LogP contribution in [0.25, 0.3) is 0 Å². The van der Waals surface area contributed by atoms with Crippen LogP contribution in [-0.4, -0.2) is 40.7 Å². The molecule has 0 spiro atoms. The lowest BCUT2D eigenvalue weighted by atomic mass is 10.3. The molecular formula is C10H16N4O. The molecule has 0 amide bonds. The van der Waals surface area contributed by atoms with Crippen molar-refractivity contribution < 1.29 is 4.74 Å². The van der Waals surface area contributed by atoms with Crippen LogP contribution in [0.4, 0.5) is 5.82 Å². The molecule has 1 aliphatic heterocycles. The Hall–Kier alpha value is -1.20. The van der Waals surface area contributed by atoms with Gasteiger partial charge in [-0.15, -0.1) is 0 Å². The molecule has 0 radical (unpaired) electrons.